The van der Waals surface area contributed by atoms with Crippen molar-refractivity contribution in [3.05, 3.63) is 94.6 Å². The summed E-state index contributed by atoms with van der Waals surface area (Å²) in [7, 11) is 0. The topological polar surface area (TPSA) is 238 Å². The Balaban J connectivity index is 0.514. The molecule has 3 fully saturated rings. The van der Waals surface area contributed by atoms with Crippen molar-refractivity contribution in [3.63, 3.8) is 0 Å². The maximum absolute atomic E-state index is 13.6. The number of nitrogens with one attached hydrogen (secondary N) is 1. The number of carbonyl (C=O) groups is 3. The normalized spacial score (nSPS) is 17.4. The van der Waals surface area contributed by atoms with E-state index in [2.05, 4.69) is 61.0 Å². The number of ether oxygens (including phenoxy) is 13. The van der Waals surface area contributed by atoms with Gasteiger partial charge in [0.05, 0.1) is 196 Å². The molecule has 8 rings (SSSR count). The standard InChI is InChI=1S/C67H99F3N8O16/c1-51-71-62-50-75(18-16-63(62)78(51)58-47-56-13-14-57(48-58)77(56)19-15-61(52-7-3-2-4-8-52)72-67(81)53-11-12-53)64(79)10-6-5-9-55-49-76(74-73-55)20-22-83-24-26-85-28-30-87-32-34-89-36-38-91-40-42-93-44-43-92-41-39-90-37-35-88-33-31-86-29-27-84-25-23-82-21-17-65(80)94-66-59(69)45-54(68)46-60(66)70/h2-4,7-8,45-46,49,53,56-58,61H,5-6,9-44,47-48,50H2,1H3,(H,72,81)/t56?,57?,58?,61-/m0/s1. The predicted octanol–water partition coefficient (Wildman–Crippen LogP) is 6.52. The van der Waals surface area contributed by atoms with E-state index in [-0.39, 0.29) is 50.0 Å². The number of fused-ring (bicyclic) bond motifs is 3. The highest BCUT2D eigenvalue weighted by Gasteiger charge is 2.43. The lowest BCUT2D eigenvalue weighted by molar-refractivity contribution is -0.136. The summed E-state index contributed by atoms with van der Waals surface area (Å²) in [5, 5.41) is 12.0. The molecule has 2 aromatic carbocycles. The SMILES string of the molecule is Cc1nc2c(n1C1CC3CCC(C1)N3CC[C@H](NC(=O)C1CC1)c1ccccc1)CCN(C(=O)CCCCc1cn(CCOCCOCCOCCOCCOCCOCCOCCOCCOCCOCCOCCOCCC(=O)Oc3c(F)cc(F)cc3F)nn1)C2. The number of unbranched alkanes of at least 4 members (excludes halogenated alkanes) is 1. The molecule has 2 amide bonds. The van der Waals surface area contributed by atoms with E-state index in [1.807, 2.05) is 17.2 Å². The summed E-state index contributed by atoms with van der Waals surface area (Å²) in [6.07, 6.45) is 13.1. The molecule has 4 aliphatic rings. The Morgan fingerprint density at radius 1 is 0.596 bits per heavy atom. The van der Waals surface area contributed by atoms with Crippen molar-refractivity contribution in [2.45, 2.75) is 128 Å². The number of rotatable bonds is 52. The van der Waals surface area contributed by atoms with E-state index in [0.29, 0.717) is 189 Å². The van der Waals surface area contributed by atoms with Crippen molar-refractivity contribution >= 4 is 17.8 Å². The molecule has 5 heterocycles. The lowest BCUT2D eigenvalue weighted by Gasteiger charge is -2.41. The second-order valence-electron chi connectivity index (χ2n) is 23.7. The number of benzene rings is 2. The van der Waals surface area contributed by atoms with Crippen LogP contribution in [0.25, 0.3) is 0 Å². The number of nitrogens with zero attached hydrogens (tertiary/aromatic N) is 7. The van der Waals surface area contributed by atoms with E-state index in [0.717, 1.165) is 88.1 Å². The zero-order valence-electron chi connectivity index (χ0n) is 54.8. The Bertz CT molecular complexity index is 2770. The number of imidazole rings is 1. The van der Waals surface area contributed by atoms with Crippen LogP contribution >= 0.6 is 0 Å². The van der Waals surface area contributed by atoms with Crippen LogP contribution in [-0.4, -0.2) is 236 Å². The van der Waals surface area contributed by atoms with Crippen LogP contribution < -0.4 is 10.1 Å². The van der Waals surface area contributed by atoms with E-state index in [1.165, 1.54) is 24.1 Å². The molecule has 1 N–H and O–H groups in total. The Kier molecular flexibility index (Phi) is 33.9. The van der Waals surface area contributed by atoms with Gasteiger partial charge in [0.1, 0.15) is 11.6 Å². The van der Waals surface area contributed by atoms with E-state index < -0.39 is 29.2 Å². The van der Waals surface area contributed by atoms with Crippen LogP contribution in [0.15, 0.2) is 48.7 Å². The number of piperidine rings is 1. The number of aryl methyl sites for hydroxylation is 2. The highest BCUT2D eigenvalue weighted by atomic mass is 19.1. The largest absolute Gasteiger partial charge is 0.420 e. The van der Waals surface area contributed by atoms with E-state index >= 15 is 0 Å². The van der Waals surface area contributed by atoms with Crippen LogP contribution in [0.5, 0.6) is 5.75 Å². The lowest BCUT2D eigenvalue weighted by atomic mass is 9.94. The lowest BCUT2D eigenvalue weighted by Crippen LogP contribution is -2.45. The van der Waals surface area contributed by atoms with E-state index in [9.17, 15) is 27.6 Å². The van der Waals surface area contributed by atoms with Crippen molar-refractivity contribution in [2.75, 3.05) is 172 Å². The van der Waals surface area contributed by atoms with E-state index in [1.54, 1.807) is 4.68 Å². The maximum atomic E-state index is 13.6. The van der Waals surface area contributed by atoms with Gasteiger partial charge in [-0.3, -0.25) is 19.3 Å². The third-order valence-corrected chi connectivity index (χ3v) is 16.8. The zero-order chi connectivity index (χ0) is 65.8. The molecule has 2 aromatic heterocycles. The molecule has 2 saturated heterocycles. The Morgan fingerprint density at radius 3 is 1.61 bits per heavy atom. The molecule has 27 heteroatoms. The van der Waals surface area contributed by atoms with Crippen LogP contribution in [-0.2, 0) is 97.2 Å². The van der Waals surface area contributed by atoms with Gasteiger partial charge in [0, 0.05) is 74.0 Å². The molecule has 24 nitrogen and oxygen atoms in total. The first-order chi connectivity index (χ1) is 46.1. The summed E-state index contributed by atoms with van der Waals surface area (Å²) in [4.78, 5) is 47.8. The monoisotopic (exact) mass is 1330 g/mol. The number of hydrogen-bond donors (Lipinski definition) is 1. The Labute approximate surface area is 550 Å². The highest BCUT2D eigenvalue weighted by Crippen LogP contribution is 2.43. The van der Waals surface area contributed by atoms with Crippen molar-refractivity contribution in [2.24, 2.45) is 5.92 Å². The van der Waals surface area contributed by atoms with Gasteiger partial charge in [0.15, 0.2) is 11.6 Å². The fourth-order valence-corrected chi connectivity index (χ4v) is 11.9. The first kappa shape index (κ1) is 74.3. The molecular formula is C67H99F3N8O16. The summed E-state index contributed by atoms with van der Waals surface area (Å²) in [6, 6.07) is 12.9. The molecule has 1 aliphatic carbocycles. The van der Waals surface area contributed by atoms with Crippen LogP contribution in [0, 0.1) is 30.3 Å². The van der Waals surface area contributed by atoms with Crippen LogP contribution in [0.1, 0.15) is 111 Å². The van der Waals surface area contributed by atoms with Crippen molar-refractivity contribution < 1.29 is 89.1 Å². The second-order valence-corrected chi connectivity index (χ2v) is 23.7. The molecule has 1 saturated carbocycles. The van der Waals surface area contributed by atoms with Gasteiger partial charge >= 0.3 is 5.97 Å². The minimum Gasteiger partial charge on any atom is -0.420 e. The van der Waals surface area contributed by atoms with E-state index in [4.69, 9.17) is 61.8 Å². The molecule has 3 aliphatic heterocycles. The highest BCUT2D eigenvalue weighted by molar-refractivity contribution is 5.81. The minimum absolute atomic E-state index is 0.0413. The average molecular weight is 1330 g/mol. The molecule has 0 radical (unpaired) electrons. The van der Waals surface area contributed by atoms with Gasteiger partial charge in [-0.2, -0.15) is 0 Å². The van der Waals surface area contributed by atoms with Crippen LogP contribution in [0.4, 0.5) is 13.2 Å². The number of aromatic nitrogens is 5. The third-order valence-electron chi connectivity index (χ3n) is 16.8. The molecule has 524 valence electrons. The van der Waals surface area contributed by atoms with Gasteiger partial charge in [-0.15, -0.1) is 5.10 Å². The van der Waals surface area contributed by atoms with Crippen molar-refractivity contribution in [1.29, 1.82) is 0 Å². The first-order valence-electron chi connectivity index (χ1n) is 33.7. The Hall–Kier alpha value is -5.53. The van der Waals surface area contributed by atoms with Crippen molar-refractivity contribution in [1.82, 2.24) is 39.7 Å². The summed E-state index contributed by atoms with van der Waals surface area (Å²) >= 11 is 0. The molecular weight excluding hydrogens is 1230 g/mol. The number of carbonyl (C=O) groups excluding carboxylic acids is 3. The molecule has 94 heavy (non-hydrogen) atoms. The first-order valence-corrected chi connectivity index (χ1v) is 33.7. The van der Waals surface area contributed by atoms with Gasteiger partial charge in [-0.1, -0.05) is 35.5 Å². The second kappa shape index (κ2) is 42.9. The fourth-order valence-electron chi connectivity index (χ4n) is 11.9. The van der Waals surface area contributed by atoms with Crippen LogP contribution in [0.3, 0.4) is 0 Å². The zero-order valence-corrected chi connectivity index (χ0v) is 54.8. The summed E-state index contributed by atoms with van der Waals surface area (Å²) in [6.45, 7) is 14.6. The Morgan fingerprint density at radius 2 is 1.10 bits per heavy atom. The molecule has 3 atom stereocenters. The number of esters is 1. The maximum Gasteiger partial charge on any atom is 0.313 e. The smallest absolute Gasteiger partial charge is 0.313 e. The third kappa shape index (κ3) is 26.8. The van der Waals surface area contributed by atoms with Gasteiger partial charge in [0.2, 0.25) is 17.6 Å². The average Bonchev–Trinajstić information content (AvgIpc) is 1.62. The molecule has 4 aromatic rings. The van der Waals surface area contributed by atoms with Gasteiger partial charge in [-0.25, -0.2) is 22.8 Å². The quantitative estimate of drug-likeness (QED) is 0.0281. The number of amides is 2. The van der Waals surface area contributed by atoms with Gasteiger partial charge in [-0.05, 0) is 76.7 Å². The molecule has 2 bridgehead atoms. The number of hydrogen-bond acceptors (Lipinski definition) is 20. The minimum atomic E-state index is -1.30. The summed E-state index contributed by atoms with van der Waals surface area (Å²) < 4.78 is 115. The molecule has 2 unspecified atom stereocenters. The molecule has 0 spiro atoms. The van der Waals surface area contributed by atoms with Gasteiger partial charge < -0.3 is 76.4 Å². The predicted molar refractivity (Wildman–Crippen MR) is 337 cm³/mol. The van der Waals surface area contributed by atoms with Crippen LogP contribution in [0.2, 0.25) is 0 Å². The summed E-state index contributed by atoms with van der Waals surface area (Å²) in [5.74, 6) is -3.92. The van der Waals surface area contributed by atoms with Crippen molar-refractivity contribution in [3.8, 4) is 5.75 Å². The van der Waals surface area contributed by atoms with Gasteiger partial charge in [0.25, 0.3) is 0 Å². The fraction of sp³-hybridized carbons (Fsp3) is 0.701. The summed E-state index contributed by atoms with van der Waals surface area (Å²) in [5.41, 5.74) is 4.48. The number of halogens is 3.